The van der Waals surface area contributed by atoms with Gasteiger partial charge in [0.2, 0.25) is 0 Å². The van der Waals surface area contributed by atoms with Crippen LogP contribution in [0.1, 0.15) is 5.69 Å². The average molecular weight is 312 g/mol. The Labute approximate surface area is 129 Å². The van der Waals surface area contributed by atoms with Gasteiger partial charge in [0.15, 0.2) is 4.96 Å². The number of imidazole rings is 1. The third-order valence-electron chi connectivity index (χ3n) is 3.38. The molecular weight excluding hydrogens is 300 g/mol. The maximum atomic E-state index is 9.92. The van der Waals surface area contributed by atoms with Gasteiger partial charge in [-0.15, -0.1) is 23.1 Å². The number of hydrogen-bond donors (Lipinski definition) is 1. The third kappa shape index (κ3) is 2.28. The van der Waals surface area contributed by atoms with Crippen molar-refractivity contribution in [2.24, 2.45) is 0 Å². The predicted octanol–water partition coefficient (Wildman–Crippen LogP) is 4.55. The van der Waals surface area contributed by atoms with Crippen molar-refractivity contribution in [1.82, 2.24) is 9.38 Å². The van der Waals surface area contributed by atoms with Crippen molar-refractivity contribution in [2.45, 2.75) is 10.6 Å². The van der Waals surface area contributed by atoms with Gasteiger partial charge < -0.3 is 5.11 Å². The van der Waals surface area contributed by atoms with E-state index in [0.717, 1.165) is 27.2 Å². The van der Waals surface area contributed by atoms with E-state index in [9.17, 15) is 5.11 Å². The van der Waals surface area contributed by atoms with E-state index < -0.39 is 0 Å². The summed E-state index contributed by atoms with van der Waals surface area (Å²) in [5.41, 5.74) is 1.07. The Hall–Kier alpha value is -1.98. The maximum absolute atomic E-state index is 9.92. The zero-order chi connectivity index (χ0) is 14.2. The van der Waals surface area contributed by atoms with Gasteiger partial charge >= 0.3 is 0 Å². The second kappa shape index (κ2) is 5.09. The fourth-order valence-corrected chi connectivity index (χ4v) is 4.04. The summed E-state index contributed by atoms with van der Waals surface area (Å²) in [6.45, 7) is 0. The molecule has 104 valence electrons. The fraction of sp³-hybridized carbons (Fsp3) is 0.0625. The van der Waals surface area contributed by atoms with Crippen LogP contribution in [0.5, 0.6) is 5.75 Å². The Morgan fingerprint density at radius 1 is 1.14 bits per heavy atom. The Balaban J connectivity index is 1.65. The first kappa shape index (κ1) is 12.7. The molecular formula is C16H12N2OS2. The van der Waals surface area contributed by atoms with Crippen LogP contribution in [0.15, 0.2) is 59.1 Å². The van der Waals surface area contributed by atoms with E-state index in [4.69, 9.17) is 0 Å². The first-order chi connectivity index (χ1) is 10.3. The van der Waals surface area contributed by atoms with Crippen LogP contribution in [0.25, 0.3) is 15.7 Å². The molecule has 2 aromatic heterocycles. The molecule has 21 heavy (non-hydrogen) atoms. The highest BCUT2D eigenvalue weighted by molar-refractivity contribution is 7.98. The number of benzene rings is 2. The summed E-state index contributed by atoms with van der Waals surface area (Å²) in [6.07, 6.45) is 4.10. The lowest BCUT2D eigenvalue weighted by Gasteiger charge is -2.06. The molecule has 4 aromatic rings. The number of phenols is 1. The van der Waals surface area contributed by atoms with Crippen molar-refractivity contribution in [3.63, 3.8) is 0 Å². The molecule has 0 fully saturated rings. The summed E-state index contributed by atoms with van der Waals surface area (Å²) in [7, 11) is 0. The van der Waals surface area contributed by atoms with Gasteiger partial charge in [-0.25, -0.2) is 4.98 Å². The highest BCUT2D eigenvalue weighted by Crippen LogP contribution is 2.34. The topological polar surface area (TPSA) is 37.5 Å². The predicted molar refractivity (Wildman–Crippen MR) is 88.2 cm³/mol. The highest BCUT2D eigenvalue weighted by atomic mass is 32.2. The fourth-order valence-electron chi connectivity index (χ4n) is 2.38. The van der Waals surface area contributed by atoms with Crippen molar-refractivity contribution >= 4 is 38.8 Å². The zero-order valence-electron chi connectivity index (χ0n) is 11.1. The van der Waals surface area contributed by atoms with Gasteiger partial charge in [0.25, 0.3) is 0 Å². The molecule has 0 spiro atoms. The summed E-state index contributed by atoms with van der Waals surface area (Å²) in [5, 5.41) is 13.9. The molecule has 2 aromatic carbocycles. The standard InChI is InChI=1S/C16H12N2OS2/c19-14-5-6-15(13-4-2-1-3-12(13)14)21-10-11-9-18-7-8-20-16(18)17-11/h1-9,19H,10H2. The van der Waals surface area contributed by atoms with Crippen LogP contribution >= 0.6 is 23.1 Å². The number of thiazole rings is 1. The second-order valence-corrected chi connectivity index (χ2v) is 6.63. The quantitative estimate of drug-likeness (QED) is 0.564. The minimum atomic E-state index is 0.331. The minimum Gasteiger partial charge on any atom is -0.507 e. The number of hydrogen-bond acceptors (Lipinski definition) is 4. The van der Waals surface area contributed by atoms with Crippen LogP contribution in [0.3, 0.4) is 0 Å². The van der Waals surface area contributed by atoms with Crippen molar-refractivity contribution in [1.29, 1.82) is 0 Å². The lowest BCUT2D eigenvalue weighted by atomic mass is 10.1. The number of aromatic hydroxyl groups is 1. The Morgan fingerprint density at radius 2 is 2.00 bits per heavy atom. The van der Waals surface area contributed by atoms with E-state index in [1.807, 2.05) is 41.9 Å². The van der Waals surface area contributed by atoms with Crippen molar-refractivity contribution in [3.05, 3.63) is 59.9 Å². The van der Waals surface area contributed by atoms with E-state index in [2.05, 4.69) is 15.6 Å². The summed E-state index contributed by atoms with van der Waals surface area (Å²) < 4.78 is 2.05. The van der Waals surface area contributed by atoms with Gasteiger partial charge in [-0.2, -0.15) is 0 Å². The summed E-state index contributed by atoms with van der Waals surface area (Å²) in [5.74, 6) is 1.15. The normalized spacial score (nSPS) is 11.4. The largest absolute Gasteiger partial charge is 0.507 e. The maximum Gasteiger partial charge on any atom is 0.193 e. The number of aromatic nitrogens is 2. The van der Waals surface area contributed by atoms with Gasteiger partial charge in [-0.3, -0.25) is 4.40 Å². The van der Waals surface area contributed by atoms with Crippen LogP contribution in [0.2, 0.25) is 0 Å². The molecule has 0 aliphatic rings. The summed E-state index contributed by atoms with van der Waals surface area (Å²) in [4.78, 5) is 6.79. The lowest BCUT2D eigenvalue weighted by Crippen LogP contribution is -1.82. The Morgan fingerprint density at radius 3 is 2.86 bits per heavy atom. The van der Waals surface area contributed by atoms with Gasteiger partial charge in [-0.1, -0.05) is 24.3 Å². The second-order valence-electron chi connectivity index (χ2n) is 4.74. The van der Waals surface area contributed by atoms with Crippen molar-refractivity contribution in [3.8, 4) is 5.75 Å². The summed E-state index contributed by atoms with van der Waals surface area (Å²) in [6, 6.07) is 11.7. The monoisotopic (exact) mass is 312 g/mol. The van der Waals surface area contributed by atoms with E-state index >= 15 is 0 Å². The zero-order valence-corrected chi connectivity index (χ0v) is 12.7. The summed E-state index contributed by atoms with van der Waals surface area (Å²) >= 11 is 3.39. The number of nitrogens with zero attached hydrogens (tertiary/aromatic N) is 2. The molecule has 0 aliphatic carbocycles. The SMILES string of the molecule is Oc1ccc(SCc2cn3ccsc3n2)c2ccccc12. The van der Waals surface area contributed by atoms with E-state index in [0.29, 0.717) is 5.75 Å². The third-order valence-corrected chi connectivity index (χ3v) is 5.26. The molecule has 5 heteroatoms. The minimum absolute atomic E-state index is 0.331. The van der Waals surface area contributed by atoms with E-state index in [-0.39, 0.29) is 0 Å². The molecule has 0 radical (unpaired) electrons. The van der Waals surface area contributed by atoms with Crippen LogP contribution in [-0.2, 0) is 5.75 Å². The molecule has 0 bridgehead atoms. The molecule has 4 rings (SSSR count). The Kier molecular flexibility index (Phi) is 3.09. The molecule has 0 saturated heterocycles. The molecule has 0 aliphatic heterocycles. The lowest BCUT2D eigenvalue weighted by molar-refractivity contribution is 0.481. The van der Waals surface area contributed by atoms with E-state index in [1.165, 1.54) is 4.90 Å². The van der Waals surface area contributed by atoms with Crippen LogP contribution in [0, 0.1) is 0 Å². The van der Waals surface area contributed by atoms with Gasteiger partial charge in [0, 0.05) is 33.8 Å². The molecule has 0 atom stereocenters. The number of rotatable bonds is 3. The molecule has 2 heterocycles. The number of thioether (sulfide) groups is 1. The molecule has 3 nitrogen and oxygen atoms in total. The smallest absolute Gasteiger partial charge is 0.193 e. The van der Waals surface area contributed by atoms with Crippen LogP contribution in [-0.4, -0.2) is 14.5 Å². The van der Waals surface area contributed by atoms with Crippen LogP contribution < -0.4 is 0 Å². The molecule has 0 amide bonds. The first-order valence-electron chi connectivity index (χ1n) is 6.56. The van der Waals surface area contributed by atoms with E-state index in [1.54, 1.807) is 29.2 Å². The first-order valence-corrected chi connectivity index (χ1v) is 8.42. The van der Waals surface area contributed by atoms with Gasteiger partial charge in [-0.05, 0) is 17.5 Å². The highest BCUT2D eigenvalue weighted by Gasteiger charge is 2.07. The van der Waals surface area contributed by atoms with Gasteiger partial charge in [0.1, 0.15) is 5.75 Å². The number of phenolic OH excluding ortho intramolecular Hbond substituents is 1. The molecule has 0 unspecified atom stereocenters. The van der Waals surface area contributed by atoms with Crippen molar-refractivity contribution < 1.29 is 5.11 Å². The van der Waals surface area contributed by atoms with Crippen LogP contribution in [0.4, 0.5) is 0 Å². The average Bonchev–Trinajstić information content (AvgIpc) is 3.08. The molecule has 0 saturated carbocycles. The van der Waals surface area contributed by atoms with Crippen molar-refractivity contribution in [2.75, 3.05) is 0 Å². The number of fused-ring (bicyclic) bond motifs is 2. The van der Waals surface area contributed by atoms with Gasteiger partial charge in [0.05, 0.1) is 5.69 Å². The molecule has 1 N–H and O–H groups in total. The Bertz CT molecular complexity index is 898.